The molecule has 13 aromatic rings. The molecule has 4 heteroatoms. The fraction of sp³-hybridized carbons (Fsp3) is 0.0448. The smallest absolute Gasteiger partial charge is 0.120 e. The Balaban J connectivity index is 0.808. The van der Waals surface area contributed by atoms with Gasteiger partial charge >= 0.3 is 0 Å². The van der Waals surface area contributed by atoms with Crippen LogP contribution in [0.3, 0.4) is 0 Å². The van der Waals surface area contributed by atoms with Gasteiger partial charge in [0.1, 0.15) is 6.73 Å². The Morgan fingerprint density at radius 2 is 0.634 bits per heavy atom. The van der Waals surface area contributed by atoms with Crippen molar-refractivity contribution < 1.29 is 5.11 Å². The second-order valence-corrected chi connectivity index (χ2v) is 18.6. The Hall–Kier alpha value is -8.96. The van der Waals surface area contributed by atoms with Crippen LogP contribution in [-0.4, -0.2) is 18.8 Å². The minimum Gasteiger partial charge on any atom is -0.376 e. The van der Waals surface area contributed by atoms with Crippen LogP contribution >= 0.6 is 0 Å². The zero-order valence-electron chi connectivity index (χ0n) is 39.2. The molecule has 1 N–H and O–H groups in total. The van der Waals surface area contributed by atoms with Crippen LogP contribution < -0.4 is 0 Å². The highest BCUT2D eigenvalue weighted by Crippen LogP contribution is 2.36. The molecule has 0 saturated carbocycles. The summed E-state index contributed by atoms with van der Waals surface area (Å²) in [5.74, 6) is 0. The van der Waals surface area contributed by atoms with Crippen molar-refractivity contribution in [1.82, 2.24) is 13.7 Å². The number of aliphatic hydroxyl groups excluding tert-OH is 1. The van der Waals surface area contributed by atoms with Crippen LogP contribution in [0.5, 0.6) is 0 Å². The number of para-hydroxylation sites is 5. The minimum absolute atomic E-state index is 0.0435. The Morgan fingerprint density at radius 1 is 0.296 bits per heavy atom. The zero-order valence-corrected chi connectivity index (χ0v) is 39.2. The maximum Gasteiger partial charge on any atom is 0.120 e. The van der Waals surface area contributed by atoms with Crippen LogP contribution in [0, 0.1) is 0 Å². The molecule has 0 spiro atoms. The van der Waals surface area contributed by atoms with Gasteiger partial charge in [-0.3, -0.25) is 0 Å². The van der Waals surface area contributed by atoms with E-state index in [1.54, 1.807) is 0 Å². The summed E-state index contributed by atoms with van der Waals surface area (Å²) in [5, 5.41) is 17.7. The summed E-state index contributed by atoms with van der Waals surface area (Å²) in [4.78, 5) is 0. The van der Waals surface area contributed by atoms with Gasteiger partial charge in [-0.15, -0.1) is 0 Å². The summed E-state index contributed by atoms with van der Waals surface area (Å²) in [7, 11) is 0. The summed E-state index contributed by atoms with van der Waals surface area (Å²) in [5.41, 5.74) is 18.8. The highest BCUT2D eigenvalue weighted by molar-refractivity contribution is 6.11. The van der Waals surface area contributed by atoms with E-state index in [9.17, 15) is 5.11 Å². The van der Waals surface area contributed by atoms with Crippen LogP contribution in [0.15, 0.2) is 231 Å². The number of aromatic nitrogens is 3. The second-order valence-electron chi connectivity index (χ2n) is 18.6. The topological polar surface area (TPSA) is 35.0 Å². The van der Waals surface area contributed by atoms with Gasteiger partial charge in [0.15, 0.2) is 0 Å². The number of benzene rings is 10. The number of rotatable bonds is 11. The first-order valence-corrected chi connectivity index (χ1v) is 24.5. The fourth-order valence-electron chi connectivity index (χ4n) is 10.8. The largest absolute Gasteiger partial charge is 0.376 e. The van der Waals surface area contributed by atoms with E-state index >= 15 is 0 Å². The third-order valence-corrected chi connectivity index (χ3v) is 14.5. The quantitative estimate of drug-likeness (QED) is 0.138. The highest BCUT2D eigenvalue weighted by atomic mass is 16.3. The molecule has 4 nitrogen and oxygen atoms in total. The van der Waals surface area contributed by atoms with Crippen molar-refractivity contribution in [2.24, 2.45) is 0 Å². The summed E-state index contributed by atoms with van der Waals surface area (Å²) >= 11 is 0. The lowest BCUT2D eigenvalue weighted by molar-refractivity contribution is 0.220. The number of aliphatic hydroxyl groups is 1. The van der Waals surface area contributed by atoms with Gasteiger partial charge in [-0.2, -0.15) is 0 Å². The summed E-state index contributed by atoms with van der Waals surface area (Å²) in [6.45, 7) is -0.0435. The molecule has 13 rings (SSSR count). The molecule has 0 atom stereocenters. The Labute approximate surface area is 412 Å². The molecule has 0 aliphatic carbocycles. The molecule has 0 amide bonds. The first-order chi connectivity index (χ1) is 35.1. The molecule has 0 aliphatic heterocycles. The average Bonchev–Trinajstić information content (AvgIpc) is 4.06. The highest BCUT2D eigenvalue weighted by Gasteiger charge is 2.13. The van der Waals surface area contributed by atoms with Gasteiger partial charge in [-0.05, 0) is 135 Å². The Kier molecular flexibility index (Phi) is 10.6. The van der Waals surface area contributed by atoms with Crippen LogP contribution in [0.1, 0.15) is 22.3 Å². The second kappa shape index (κ2) is 17.8. The van der Waals surface area contributed by atoms with E-state index in [4.69, 9.17) is 0 Å². The lowest BCUT2D eigenvalue weighted by Gasteiger charge is -2.13. The predicted molar refractivity (Wildman–Crippen MR) is 301 cm³/mol. The predicted octanol–water partition coefficient (Wildman–Crippen LogP) is 17.0. The molecule has 0 radical (unpaired) electrons. The van der Waals surface area contributed by atoms with Crippen LogP contribution in [0.25, 0.3) is 123 Å². The van der Waals surface area contributed by atoms with Gasteiger partial charge in [0.05, 0.1) is 33.1 Å². The van der Waals surface area contributed by atoms with E-state index in [-0.39, 0.29) is 6.73 Å². The van der Waals surface area contributed by atoms with Crippen molar-refractivity contribution >= 4 is 90.0 Å². The molecule has 3 aromatic heterocycles. The molecule has 0 fully saturated rings. The van der Waals surface area contributed by atoms with Crippen molar-refractivity contribution in [2.45, 2.75) is 19.6 Å². The molecular formula is C67H49N3O. The van der Waals surface area contributed by atoms with Gasteiger partial charge in [0.25, 0.3) is 0 Å². The van der Waals surface area contributed by atoms with Gasteiger partial charge in [0.2, 0.25) is 0 Å². The molecule has 10 aromatic carbocycles. The SMILES string of the molecule is OCn1c2ccccc2c2ccc(CCc3ccc(-c4cc(-c5ccc(/C=C/n6c7ccccc7c7ccccc76)cc5)cc(-c5ccc(/C=C/n6c7ccccc7c7ccccc76)cc5)c4)cc3)cc21. The van der Waals surface area contributed by atoms with Crippen molar-refractivity contribution in [1.29, 1.82) is 0 Å². The number of hydrogen-bond donors (Lipinski definition) is 1. The molecular weight excluding hydrogens is 863 g/mol. The third kappa shape index (κ3) is 7.72. The van der Waals surface area contributed by atoms with Gasteiger partial charge < -0.3 is 18.8 Å². The molecule has 3 heterocycles. The monoisotopic (exact) mass is 911 g/mol. The van der Waals surface area contributed by atoms with E-state index in [0.29, 0.717) is 0 Å². The van der Waals surface area contributed by atoms with E-state index in [2.05, 4.69) is 258 Å². The molecule has 0 aliphatic rings. The molecule has 71 heavy (non-hydrogen) atoms. The lowest BCUT2D eigenvalue weighted by atomic mass is 9.92. The van der Waals surface area contributed by atoms with Crippen LogP contribution in [-0.2, 0) is 19.6 Å². The van der Waals surface area contributed by atoms with E-state index in [0.717, 1.165) is 35.0 Å². The molecule has 0 bridgehead atoms. The average molecular weight is 912 g/mol. The van der Waals surface area contributed by atoms with Gasteiger partial charge in [0, 0.05) is 44.7 Å². The molecule has 0 unspecified atom stereocenters. The molecule has 0 saturated heterocycles. The van der Waals surface area contributed by atoms with Crippen molar-refractivity contribution in [3.8, 4) is 33.4 Å². The maximum atomic E-state index is 10.3. The number of fused-ring (bicyclic) bond motifs is 9. The van der Waals surface area contributed by atoms with E-state index in [1.165, 1.54) is 98.9 Å². The number of aryl methyl sites for hydroxylation is 2. The van der Waals surface area contributed by atoms with E-state index in [1.807, 2.05) is 10.6 Å². The molecule has 338 valence electrons. The Bertz CT molecular complexity index is 3890. The van der Waals surface area contributed by atoms with Crippen LogP contribution in [0.4, 0.5) is 0 Å². The van der Waals surface area contributed by atoms with E-state index < -0.39 is 0 Å². The summed E-state index contributed by atoms with van der Waals surface area (Å²) in [6, 6.07) is 83.5. The standard InChI is InChI=1S/C67H49N3O/c71-45-70-66-20-10-5-15-60(66)61-36-29-49(41-67(61)70)22-21-46-23-30-50(31-24-46)53-42-54(51-32-25-47(26-33-51)37-39-68-62-16-6-1-11-56(62)57-12-2-7-17-63(57)68)44-55(43-53)52-34-27-48(28-35-52)38-40-69-64-18-8-3-13-58(64)59-14-4-9-19-65(59)69/h1-20,23-44,71H,21-22,45H2/b39-37+,40-38+. The number of hydrogen-bond acceptors (Lipinski definition) is 1. The van der Waals surface area contributed by atoms with Crippen molar-refractivity contribution in [2.75, 3.05) is 0 Å². The van der Waals surface area contributed by atoms with Crippen molar-refractivity contribution in [3.05, 3.63) is 253 Å². The fourth-order valence-corrected chi connectivity index (χ4v) is 10.8. The summed E-state index contributed by atoms with van der Waals surface area (Å²) < 4.78 is 6.59. The van der Waals surface area contributed by atoms with Gasteiger partial charge in [-0.1, -0.05) is 176 Å². The summed E-state index contributed by atoms with van der Waals surface area (Å²) in [6.07, 6.45) is 10.6. The maximum absolute atomic E-state index is 10.3. The van der Waals surface area contributed by atoms with Gasteiger partial charge in [-0.25, -0.2) is 0 Å². The first-order valence-electron chi connectivity index (χ1n) is 24.5. The lowest BCUT2D eigenvalue weighted by Crippen LogP contribution is -1.97. The third-order valence-electron chi connectivity index (χ3n) is 14.5. The number of nitrogens with zero attached hydrogens (tertiary/aromatic N) is 3. The zero-order chi connectivity index (χ0) is 47.3. The normalized spacial score (nSPS) is 12.1. The first kappa shape index (κ1) is 42.2. The van der Waals surface area contributed by atoms with Crippen LogP contribution in [0.2, 0.25) is 0 Å². The Morgan fingerprint density at radius 3 is 1.06 bits per heavy atom. The minimum atomic E-state index is -0.0435. The van der Waals surface area contributed by atoms with Crippen molar-refractivity contribution in [3.63, 3.8) is 0 Å².